The van der Waals surface area contributed by atoms with E-state index in [2.05, 4.69) is 5.32 Å². The lowest BCUT2D eigenvalue weighted by Gasteiger charge is -2.33. The highest BCUT2D eigenvalue weighted by atomic mass is 19.1. The third kappa shape index (κ3) is 5.85. The van der Waals surface area contributed by atoms with Crippen LogP contribution < -0.4 is 5.32 Å². The van der Waals surface area contributed by atoms with Crippen molar-refractivity contribution in [3.8, 4) is 0 Å². The van der Waals surface area contributed by atoms with E-state index < -0.39 is 11.8 Å². The molecule has 0 saturated heterocycles. The van der Waals surface area contributed by atoms with Gasteiger partial charge >= 0.3 is 5.97 Å². The standard InChI is InChI=1S/C28H31FN2O4/c1-30-25-14-21(29)11-20-12-24(27(33)15-23(20)25)26(32)13-18-7-5-6-8-19(18)16-31(17-28(34)35)22-9-3-2-4-10-22/h5-8,11-12,14,22,30H,2-4,9-10,13,15-17H2,1H3,(H,34,35). The summed E-state index contributed by atoms with van der Waals surface area (Å²) in [6.45, 7) is 0.389. The molecule has 1 saturated carbocycles. The number of benzene rings is 2. The normalized spacial score (nSPS) is 16.1. The van der Waals surface area contributed by atoms with Gasteiger partial charge in [0.1, 0.15) is 5.82 Å². The number of carbonyl (C=O) groups excluding carboxylic acids is 2. The zero-order valence-electron chi connectivity index (χ0n) is 20.0. The number of halogens is 1. The van der Waals surface area contributed by atoms with Gasteiger partial charge in [-0.15, -0.1) is 0 Å². The summed E-state index contributed by atoms with van der Waals surface area (Å²) in [4.78, 5) is 39.6. The molecule has 6 nitrogen and oxygen atoms in total. The molecule has 35 heavy (non-hydrogen) atoms. The molecular formula is C28H31FN2O4. The summed E-state index contributed by atoms with van der Waals surface area (Å²) < 4.78 is 14.0. The van der Waals surface area contributed by atoms with E-state index in [0.29, 0.717) is 23.4 Å². The van der Waals surface area contributed by atoms with E-state index in [-0.39, 0.29) is 42.6 Å². The molecule has 0 radical (unpaired) electrons. The van der Waals surface area contributed by atoms with Crippen LogP contribution in [0.2, 0.25) is 0 Å². The van der Waals surface area contributed by atoms with Crippen molar-refractivity contribution >= 4 is 29.3 Å². The van der Waals surface area contributed by atoms with Gasteiger partial charge in [-0.05, 0) is 53.3 Å². The highest BCUT2D eigenvalue weighted by Gasteiger charge is 2.28. The Morgan fingerprint density at radius 3 is 2.51 bits per heavy atom. The molecule has 0 atom stereocenters. The predicted molar refractivity (Wildman–Crippen MR) is 133 cm³/mol. The van der Waals surface area contributed by atoms with Gasteiger partial charge in [0, 0.05) is 38.2 Å². The molecule has 2 N–H and O–H groups in total. The zero-order valence-corrected chi connectivity index (χ0v) is 20.0. The Labute approximate surface area is 204 Å². The highest BCUT2D eigenvalue weighted by molar-refractivity contribution is 6.25. The maximum Gasteiger partial charge on any atom is 0.317 e. The molecule has 184 valence electrons. The molecule has 2 aliphatic rings. The summed E-state index contributed by atoms with van der Waals surface area (Å²) >= 11 is 0. The number of hydrogen-bond acceptors (Lipinski definition) is 5. The molecule has 0 aliphatic heterocycles. The molecule has 2 aliphatic carbocycles. The molecular weight excluding hydrogens is 447 g/mol. The van der Waals surface area contributed by atoms with Gasteiger partial charge in [0.15, 0.2) is 11.6 Å². The van der Waals surface area contributed by atoms with Crippen molar-refractivity contribution in [3.05, 3.63) is 70.0 Å². The summed E-state index contributed by atoms with van der Waals surface area (Å²) in [5, 5.41) is 12.4. The van der Waals surface area contributed by atoms with Crippen LogP contribution in [0.1, 0.15) is 54.4 Å². The van der Waals surface area contributed by atoms with Gasteiger partial charge in [0.25, 0.3) is 0 Å². The SMILES string of the molecule is CNc1cc(F)cc2c1CC(=O)C(C(=O)Cc1ccccc1CN(CC(=O)O)C1CCCCC1)=C2. The molecule has 4 rings (SSSR count). The van der Waals surface area contributed by atoms with E-state index >= 15 is 0 Å². The van der Waals surface area contributed by atoms with Crippen molar-refractivity contribution in [2.24, 2.45) is 0 Å². The van der Waals surface area contributed by atoms with Gasteiger partial charge in [0.2, 0.25) is 0 Å². The van der Waals surface area contributed by atoms with Crippen molar-refractivity contribution in [2.75, 3.05) is 18.9 Å². The summed E-state index contributed by atoms with van der Waals surface area (Å²) in [6.07, 6.45) is 6.87. The Kier molecular flexibility index (Phi) is 7.76. The van der Waals surface area contributed by atoms with E-state index in [9.17, 15) is 23.9 Å². The number of carboxylic acids is 1. The minimum atomic E-state index is -0.867. The minimum Gasteiger partial charge on any atom is -0.480 e. The number of nitrogens with zero attached hydrogens (tertiary/aromatic N) is 1. The first-order valence-corrected chi connectivity index (χ1v) is 12.2. The molecule has 0 bridgehead atoms. The molecule has 0 amide bonds. The van der Waals surface area contributed by atoms with Crippen LogP contribution in [0, 0.1) is 5.82 Å². The Balaban J connectivity index is 1.57. The number of carboxylic acid groups (broad SMARTS) is 1. The number of hydrogen-bond donors (Lipinski definition) is 2. The lowest BCUT2D eigenvalue weighted by molar-refractivity contribution is -0.139. The van der Waals surface area contributed by atoms with Crippen molar-refractivity contribution in [2.45, 2.75) is 57.5 Å². The Morgan fingerprint density at radius 1 is 1.11 bits per heavy atom. The van der Waals surface area contributed by atoms with E-state index in [1.807, 2.05) is 29.2 Å². The van der Waals surface area contributed by atoms with Crippen LogP contribution in [0.3, 0.4) is 0 Å². The number of fused-ring (bicyclic) bond motifs is 1. The summed E-state index contributed by atoms with van der Waals surface area (Å²) in [6, 6.07) is 10.4. The van der Waals surface area contributed by atoms with Crippen molar-refractivity contribution < 1.29 is 23.9 Å². The molecule has 0 aromatic heterocycles. The van der Waals surface area contributed by atoms with Crippen LogP contribution in [0.5, 0.6) is 0 Å². The molecule has 2 aromatic carbocycles. The van der Waals surface area contributed by atoms with Crippen LogP contribution in [-0.4, -0.2) is 47.2 Å². The van der Waals surface area contributed by atoms with E-state index in [4.69, 9.17) is 0 Å². The lowest BCUT2D eigenvalue weighted by atomic mass is 9.86. The van der Waals surface area contributed by atoms with Crippen molar-refractivity contribution in [1.82, 2.24) is 4.90 Å². The number of carbonyl (C=O) groups is 3. The second kappa shape index (κ2) is 11.0. The topological polar surface area (TPSA) is 86.7 Å². The maximum absolute atomic E-state index is 14.0. The van der Waals surface area contributed by atoms with Crippen molar-refractivity contribution in [3.63, 3.8) is 0 Å². The Morgan fingerprint density at radius 2 is 1.83 bits per heavy atom. The van der Waals surface area contributed by atoms with Gasteiger partial charge in [-0.3, -0.25) is 19.3 Å². The molecule has 1 fully saturated rings. The molecule has 2 aromatic rings. The third-order valence-electron chi connectivity index (χ3n) is 7.03. The number of allylic oxidation sites excluding steroid dienone is 1. The summed E-state index contributed by atoms with van der Waals surface area (Å²) in [7, 11) is 1.67. The number of aliphatic carboxylic acids is 1. The fourth-order valence-corrected chi connectivity index (χ4v) is 5.24. The van der Waals surface area contributed by atoms with Gasteiger partial charge < -0.3 is 10.4 Å². The summed E-state index contributed by atoms with van der Waals surface area (Å²) in [5.74, 6) is -1.89. The Bertz CT molecular complexity index is 1170. The summed E-state index contributed by atoms with van der Waals surface area (Å²) in [5.41, 5.74) is 3.51. The van der Waals surface area contributed by atoms with Gasteiger partial charge in [-0.1, -0.05) is 43.5 Å². The molecule has 0 spiro atoms. The van der Waals surface area contributed by atoms with Crippen LogP contribution in [0.25, 0.3) is 6.08 Å². The first-order valence-electron chi connectivity index (χ1n) is 12.2. The highest BCUT2D eigenvalue weighted by Crippen LogP contribution is 2.30. The van der Waals surface area contributed by atoms with Crippen LogP contribution in [-0.2, 0) is 33.8 Å². The van der Waals surface area contributed by atoms with Gasteiger partial charge in [-0.25, -0.2) is 4.39 Å². The van der Waals surface area contributed by atoms with Gasteiger partial charge in [0.05, 0.1) is 12.1 Å². The monoisotopic (exact) mass is 478 g/mol. The number of anilines is 1. The number of nitrogens with one attached hydrogen (secondary N) is 1. The predicted octanol–water partition coefficient (Wildman–Crippen LogP) is 4.41. The van der Waals surface area contributed by atoms with Crippen LogP contribution in [0.15, 0.2) is 42.0 Å². The van der Waals surface area contributed by atoms with Crippen molar-refractivity contribution in [1.29, 1.82) is 0 Å². The van der Waals surface area contributed by atoms with Crippen LogP contribution in [0.4, 0.5) is 10.1 Å². The van der Waals surface area contributed by atoms with Gasteiger partial charge in [-0.2, -0.15) is 0 Å². The van der Waals surface area contributed by atoms with E-state index in [1.54, 1.807) is 7.05 Å². The average molecular weight is 479 g/mol. The second-order valence-electron chi connectivity index (χ2n) is 9.39. The first-order chi connectivity index (χ1) is 16.9. The third-order valence-corrected chi connectivity index (χ3v) is 7.03. The molecule has 7 heteroatoms. The number of rotatable bonds is 9. The lowest BCUT2D eigenvalue weighted by Crippen LogP contribution is -2.40. The minimum absolute atomic E-state index is 0.0306. The Hall–Kier alpha value is -3.32. The average Bonchev–Trinajstić information content (AvgIpc) is 2.84. The number of ketones is 2. The van der Waals surface area contributed by atoms with Crippen LogP contribution >= 0.6 is 0 Å². The first kappa shape index (κ1) is 24.8. The molecule has 0 heterocycles. The second-order valence-corrected chi connectivity index (χ2v) is 9.39. The fraction of sp³-hybridized carbons (Fsp3) is 0.393. The molecule has 0 unspecified atom stereocenters. The fourth-order valence-electron chi connectivity index (χ4n) is 5.24. The van der Waals surface area contributed by atoms with E-state index in [1.165, 1.54) is 24.6 Å². The number of Topliss-reactive ketones (excluding diaryl/α,β-unsaturated/α-hetero) is 2. The maximum atomic E-state index is 14.0. The zero-order chi connectivity index (χ0) is 24.9. The quantitative estimate of drug-likeness (QED) is 0.520. The largest absolute Gasteiger partial charge is 0.480 e. The smallest absolute Gasteiger partial charge is 0.317 e. The van der Waals surface area contributed by atoms with E-state index in [0.717, 1.165) is 36.8 Å².